The molecule has 0 aromatic heterocycles. The summed E-state index contributed by atoms with van der Waals surface area (Å²) in [6.07, 6.45) is 0. The van der Waals surface area contributed by atoms with Crippen LogP contribution in [0.2, 0.25) is 0 Å². The van der Waals surface area contributed by atoms with E-state index in [9.17, 15) is 0 Å². The highest BCUT2D eigenvalue weighted by atomic mass is 15.1. The molecule has 0 bridgehead atoms. The van der Waals surface area contributed by atoms with E-state index in [4.69, 9.17) is 13.1 Å². The minimum absolute atomic E-state index is 0.477. The highest BCUT2D eigenvalue weighted by Crippen LogP contribution is 2.18. The first kappa shape index (κ1) is 13.1. The first-order chi connectivity index (χ1) is 8.19. The largest absolute Gasteiger partial charge is 0.357 e. The van der Waals surface area contributed by atoms with E-state index < -0.39 is 0 Å². The molecular formula is C14H17N3. The fraction of sp³-hybridized carbons (Fsp3) is 0.429. The van der Waals surface area contributed by atoms with Crippen LogP contribution in [0.4, 0.5) is 5.69 Å². The monoisotopic (exact) mass is 227 g/mol. The fourth-order valence-corrected chi connectivity index (χ4v) is 1.63. The molecule has 0 fully saturated rings. The van der Waals surface area contributed by atoms with E-state index in [1.807, 2.05) is 0 Å². The Morgan fingerprint density at radius 1 is 1.00 bits per heavy atom. The Kier molecular flexibility index (Phi) is 5.04. The number of nitrogens with zero attached hydrogens (tertiary/aromatic N) is 3. The van der Waals surface area contributed by atoms with Crippen LogP contribution in [0.1, 0.15) is 11.1 Å². The van der Waals surface area contributed by atoms with Crippen molar-refractivity contribution < 1.29 is 0 Å². The van der Waals surface area contributed by atoms with Gasteiger partial charge in [-0.1, -0.05) is 6.07 Å². The zero-order valence-electron chi connectivity index (χ0n) is 10.4. The van der Waals surface area contributed by atoms with Gasteiger partial charge in [0.1, 0.15) is 0 Å². The smallest absolute Gasteiger partial charge is 0.231 e. The van der Waals surface area contributed by atoms with Crippen LogP contribution in [-0.2, 0) is 0 Å². The molecule has 0 radical (unpaired) electrons. The van der Waals surface area contributed by atoms with Gasteiger partial charge in [0.15, 0.2) is 0 Å². The maximum atomic E-state index is 6.85. The van der Waals surface area contributed by atoms with Gasteiger partial charge in [-0.2, -0.15) is 0 Å². The summed E-state index contributed by atoms with van der Waals surface area (Å²) in [5.74, 6) is 0. The average molecular weight is 227 g/mol. The van der Waals surface area contributed by atoms with E-state index in [0.717, 1.165) is 5.69 Å². The predicted octanol–water partition coefficient (Wildman–Crippen LogP) is 2.95. The minimum atomic E-state index is 0.477. The number of benzene rings is 1. The number of aryl methyl sites for hydroxylation is 2. The van der Waals surface area contributed by atoms with Crippen molar-refractivity contribution in [3.8, 4) is 0 Å². The second-order valence-electron chi connectivity index (χ2n) is 4.02. The molecule has 0 aliphatic carbocycles. The Morgan fingerprint density at radius 2 is 1.59 bits per heavy atom. The lowest BCUT2D eigenvalue weighted by molar-refractivity contribution is 0.836. The quantitative estimate of drug-likeness (QED) is 0.704. The molecule has 17 heavy (non-hydrogen) atoms. The molecule has 0 N–H and O–H groups in total. The minimum Gasteiger partial charge on any atom is -0.357 e. The van der Waals surface area contributed by atoms with Gasteiger partial charge in [0.25, 0.3) is 0 Å². The number of anilines is 1. The molecule has 1 aromatic rings. The van der Waals surface area contributed by atoms with Crippen LogP contribution < -0.4 is 4.90 Å². The van der Waals surface area contributed by atoms with Crippen LogP contribution in [0.15, 0.2) is 18.2 Å². The van der Waals surface area contributed by atoms with Crippen molar-refractivity contribution in [3.63, 3.8) is 0 Å². The Bertz CT molecular complexity index is 434. The maximum absolute atomic E-state index is 6.85. The number of hydrogen-bond donors (Lipinski definition) is 0. The molecule has 0 spiro atoms. The molecule has 0 aliphatic rings. The number of hydrogen-bond acceptors (Lipinski definition) is 1. The molecule has 1 rings (SSSR count). The molecule has 3 heteroatoms. The van der Waals surface area contributed by atoms with E-state index in [1.54, 1.807) is 0 Å². The van der Waals surface area contributed by atoms with Crippen LogP contribution >= 0.6 is 0 Å². The summed E-state index contributed by atoms with van der Waals surface area (Å²) in [7, 11) is 0. The molecular weight excluding hydrogens is 210 g/mol. The van der Waals surface area contributed by atoms with Crippen molar-refractivity contribution in [2.75, 3.05) is 31.1 Å². The van der Waals surface area contributed by atoms with Gasteiger partial charge < -0.3 is 14.6 Å². The Balaban J connectivity index is 2.84. The summed E-state index contributed by atoms with van der Waals surface area (Å²) in [5.41, 5.74) is 3.63. The first-order valence-corrected chi connectivity index (χ1v) is 5.67. The van der Waals surface area contributed by atoms with Crippen LogP contribution in [-0.4, -0.2) is 26.2 Å². The van der Waals surface area contributed by atoms with Crippen molar-refractivity contribution in [1.29, 1.82) is 0 Å². The van der Waals surface area contributed by atoms with Gasteiger partial charge in [0.05, 0.1) is 13.1 Å². The van der Waals surface area contributed by atoms with E-state index in [-0.39, 0.29) is 0 Å². The highest BCUT2D eigenvalue weighted by Gasteiger charge is 2.09. The summed E-state index contributed by atoms with van der Waals surface area (Å²) >= 11 is 0. The third kappa shape index (κ3) is 3.81. The Hall–Kier alpha value is -2.00. The normalized spacial score (nSPS) is 9.41. The van der Waals surface area contributed by atoms with E-state index in [1.165, 1.54) is 11.1 Å². The second-order valence-corrected chi connectivity index (χ2v) is 4.02. The molecule has 0 saturated heterocycles. The van der Waals surface area contributed by atoms with Gasteiger partial charge in [-0.15, -0.1) is 0 Å². The van der Waals surface area contributed by atoms with Gasteiger partial charge in [0, 0.05) is 5.69 Å². The van der Waals surface area contributed by atoms with Crippen LogP contribution in [0, 0.1) is 27.0 Å². The molecule has 3 nitrogen and oxygen atoms in total. The summed E-state index contributed by atoms with van der Waals surface area (Å²) in [6.45, 7) is 20.2. The van der Waals surface area contributed by atoms with Crippen molar-refractivity contribution in [2.24, 2.45) is 0 Å². The van der Waals surface area contributed by atoms with Gasteiger partial charge >= 0.3 is 0 Å². The van der Waals surface area contributed by atoms with Crippen LogP contribution in [0.25, 0.3) is 9.69 Å². The van der Waals surface area contributed by atoms with Crippen molar-refractivity contribution in [3.05, 3.63) is 52.2 Å². The second kappa shape index (κ2) is 6.55. The zero-order chi connectivity index (χ0) is 12.7. The summed E-state index contributed by atoms with van der Waals surface area (Å²) < 4.78 is 0. The lowest BCUT2D eigenvalue weighted by Gasteiger charge is -2.21. The third-order valence-electron chi connectivity index (χ3n) is 2.82. The third-order valence-corrected chi connectivity index (χ3v) is 2.82. The van der Waals surface area contributed by atoms with Crippen LogP contribution in [0.3, 0.4) is 0 Å². The highest BCUT2D eigenvalue weighted by molar-refractivity contribution is 5.50. The maximum Gasteiger partial charge on any atom is 0.231 e. The number of rotatable bonds is 5. The predicted molar refractivity (Wildman–Crippen MR) is 71.1 cm³/mol. The SMILES string of the molecule is [C-]#[N+]CCN(CC[N+]#[C-])c1ccc(C)c(C)c1. The van der Waals surface area contributed by atoms with Gasteiger partial charge in [-0.3, -0.25) is 0 Å². The zero-order valence-corrected chi connectivity index (χ0v) is 10.4. The molecule has 0 saturated carbocycles. The van der Waals surface area contributed by atoms with E-state index in [2.05, 4.69) is 46.6 Å². The lowest BCUT2D eigenvalue weighted by Crippen LogP contribution is -2.28. The molecule has 88 valence electrons. The molecule has 0 amide bonds. The van der Waals surface area contributed by atoms with E-state index >= 15 is 0 Å². The van der Waals surface area contributed by atoms with Gasteiger partial charge in [0.2, 0.25) is 13.1 Å². The van der Waals surface area contributed by atoms with Gasteiger partial charge in [-0.05, 0) is 37.1 Å². The molecule has 0 aliphatic heterocycles. The molecule has 1 aromatic carbocycles. The topological polar surface area (TPSA) is 12.0 Å². The average Bonchev–Trinajstić information content (AvgIpc) is 2.33. The van der Waals surface area contributed by atoms with E-state index in [0.29, 0.717) is 26.2 Å². The fourth-order valence-electron chi connectivity index (χ4n) is 1.63. The first-order valence-electron chi connectivity index (χ1n) is 5.67. The van der Waals surface area contributed by atoms with Crippen molar-refractivity contribution >= 4 is 5.69 Å². The summed E-state index contributed by atoms with van der Waals surface area (Å²) in [5, 5.41) is 0. The molecule has 0 unspecified atom stereocenters. The van der Waals surface area contributed by atoms with Crippen LogP contribution in [0.5, 0.6) is 0 Å². The standard InChI is InChI=1S/C14H17N3/c1-12-5-6-14(11-13(12)2)17(9-7-15-3)10-8-16-4/h5-6,11H,7-10H2,1-2H3. The Morgan fingerprint density at radius 3 is 2.06 bits per heavy atom. The van der Waals surface area contributed by atoms with Crippen molar-refractivity contribution in [2.45, 2.75) is 13.8 Å². The summed E-state index contributed by atoms with van der Waals surface area (Å²) in [6, 6.07) is 6.28. The van der Waals surface area contributed by atoms with Crippen molar-refractivity contribution in [1.82, 2.24) is 0 Å². The lowest BCUT2D eigenvalue weighted by atomic mass is 10.1. The summed E-state index contributed by atoms with van der Waals surface area (Å²) in [4.78, 5) is 8.87. The molecule has 0 heterocycles. The molecule has 0 atom stereocenters. The Labute approximate surface area is 103 Å². The van der Waals surface area contributed by atoms with Gasteiger partial charge in [-0.25, -0.2) is 13.1 Å².